The van der Waals surface area contributed by atoms with E-state index in [2.05, 4.69) is 0 Å². The van der Waals surface area contributed by atoms with Crippen molar-refractivity contribution in [2.75, 3.05) is 20.2 Å². The largest absolute Gasteiger partial charge is 0.486 e. The fourth-order valence-corrected chi connectivity index (χ4v) is 3.64. The van der Waals surface area contributed by atoms with E-state index in [1.165, 1.54) is 7.05 Å². The molecule has 24 heavy (non-hydrogen) atoms. The molecule has 1 aliphatic rings. The molecule has 8 heteroatoms. The molecule has 128 valence electrons. The fourth-order valence-electron chi connectivity index (χ4n) is 2.40. The summed E-state index contributed by atoms with van der Waals surface area (Å²) < 4.78 is 63.7. The summed E-state index contributed by atoms with van der Waals surface area (Å²) in [4.78, 5) is -0.445. The number of halogens is 2. The van der Waals surface area contributed by atoms with Crippen LogP contribution in [0.3, 0.4) is 0 Å². The van der Waals surface area contributed by atoms with Crippen molar-refractivity contribution in [1.82, 2.24) is 4.31 Å². The van der Waals surface area contributed by atoms with Crippen LogP contribution in [0.4, 0.5) is 8.78 Å². The van der Waals surface area contributed by atoms with Crippen molar-refractivity contribution in [1.29, 1.82) is 0 Å². The third kappa shape index (κ3) is 3.34. The zero-order valence-corrected chi connectivity index (χ0v) is 13.6. The molecule has 0 fully saturated rings. The van der Waals surface area contributed by atoms with E-state index < -0.39 is 32.7 Å². The normalized spacial score (nSPS) is 17.1. The van der Waals surface area contributed by atoms with Gasteiger partial charge in [-0.2, -0.15) is 4.31 Å². The van der Waals surface area contributed by atoms with Crippen LogP contribution in [0.25, 0.3) is 0 Å². The van der Waals surface area contributed by atoms with Crippen LogP contribution < -0.4 is 9.47 Å². The predicted octanol–water partition coefficient (Wildman–Crippen LogP) is 2.43. The number of sulfonamides is 1. The Hall–Kier alpha value is -2.19. The van der Waals surface area contributed by atoms with Gasteiger partial charge in [0.1, 0.15) is 24.3 Å². The van der Waals surface area contributed by atoms with E-state index in [0.29, 0.717) is 17.6 Å². The van der Waals surface area contributed by atoms with Crippen LogP contribution in [0.2, 0.25) is 0 Å². The van der Waals surface area contributed by atoms with Crippen LogP contribution in [0, 0.1) is 11.6 Å². The molecule has 0 radical (unpaired) electrons. The highest BCUT2D eigenvalue weighted by Gasteiger charge is 2.28. The highest BCUT2D eigenvalue weighted by atomic mass is 32.2. The minimum Gasteiger partial charge on any atom is -0.486 e. The maximum absolute atomic E-state index is 13.3. The number of likely N-dealkylation sites (N-methyl/N-ethyl adjacent to an activating group) is 1. The van der Waals surface area contributed by atoms with Crippen LogP contribution in [-0.4, -0.2) is 39.0 Å². The van der Waals surface area contributed by atoms with Gasteiger partial charge < -0.3 is 9.47 Å². The van der Waals surface area contributed by atoms with E-state index in [9.17, 15) is 17.2 Å². The first-order valence-corrected chi connectivity index (χ1v) is 8.61. The van der Waals surface area contributed by atoms with Crippen LogP contribution in [0.15, 0.2) is 47.4 Å². The number of rotatable bonds is 4. The Morgan fingerprint density at radius 3 is 2.42 bits per heavy atom. The summed E-state index contributed by atoms with van der Waals surface area (Å²) in [5.41, 5.74) is 0. The molecular formula is C16H15F2NO4S. The van der Waals surface area contributed by atoms with Gasteiger partial charge in [0.15, 0.2) is 11.5 Å². The van der Waals surface area contributed by atoms with Gasteiger partial charge in [0.05, 0.1) is 11.4 Å². The van der Waals surface area contributed by atoms with Crippen molar-refractivity contribution in [2.24, 2.45) is 0 Å². The number of para-hydroxylation sites is 2. The van der Waals surface area contributed by atoms with Gasteiger partial charge in [-0.25, -0.2) is 17.2 Å². The van der Waals surface area contributed by atoms with E-state index in [-0.39, 0.29) is 13.2 Å². The predicted molar refractivity (Wildman–Crippen MR) is 82.5 cm³/mol. The Morgan fingerprint density at radius 1 is 1.12 bits per heavy atom. The lowest BCUT2D eigenvalue weighted by atomic mass is 10.2. The molecule has 0 N–H and O–H groups in total. The molecule has 1 atom stereocenters. The second-order valence-electron chi connectivity index (χ2n) is 5.39. The average molecular weight is 355 g/mol. The van der Waals surface area contributed by atoms with E-state index >= 15 is 0 Å². The lowest BCUT2D eigenvalue weighted by Crippen LogP contribution is -2.41. The lowest BCUT2D eigenvalue weighted by molar-refractivity contribution is 0.0798. The maximum atomic E-state index is 13.3. The Balaban J connectivity index is 1.76. The molecular weight excluding hydrogens is 340 g/mol. The van der Waals surface area contributed by atoms with Gasteiger partial charge in [-0.1, -0.05) is 12.1 Å². The van der Waals surface area contributed by atoms with Crippen molar-refractivity contribution < 1.29 is 26.7 Å². The SMILES string of the molecule is CN(CC1COc2ccccc2O1)S(=O)(=O)c1cc(F)cc(F)c1. The van der Waals surface area contributed by atoms with Crippen LogP contribution in [0.5, 0.6) is 11.5 Å². The first-order valence-electron chi connectivity index (χ1n) is 7.17. The molecule has 1 heterocycles. The smallest absolute Gasteiger partial charge is 0.243 e. The molecule has 0 saturated heterocycles. The molecule has 0 aromatic heterocycles. The number of benzene rings is 2. The number of hydrogen-bond donors (Lipinski definition) is 0. The monoisotopic (exact) mass is 355 g/mol. The summed E-state index contributed by atoms with van der Waals surface area (Å²) in [6, 6.07) is 9.23. The Kier molecular flexibility index (Phi) is 4.42. The van der Waals surface area contributed by atoms with Gasteiger partial charge in [0, 0.05) is 13.1 Å². The van der Waals surface area contributed by atoms with Gasteiger partial charge in [0.25, 0.3) is 0 Å². The van der Waals surface area contributed by atoms with Crippen LogP contribution in [0.1, 0.15) is 0 Å². The zero-order chi connectivity index (χ0) is 17.3. The first kappa shape index (κ1) is 16.7. The first-order chi connectivity index (χ1) is 11.4. The summed E-state index contributed by atoms with van der Waals surface area (Å²) in [7, 11) is -2.72. The molecule has 0 saturated carbocycles. The van der Waals surface area contributed by atoms with Crippen LogP contribution >= 0.6 is 0 Å². The Labute approximate surface area is 138 Å². The van der Waals surface area contributed by atoms with E-state index in [4.69, 9.17) is 9.47 Å². The van der Waals surface area contributed by atoms with Crippen LogP contribution in [-0.2, 0) is 10.0 Å². The fraction of sp³-hybridized carbons (Fsp3) is 0.250. The highest BCUT2D eigenvalue weighted by molar-refractivity contribution is 7.89. The maximum Gasteiger partial charge on any atom is 0.243 e. The molecule has 1 aliphatic heterocycles. The standard InChI is InChI=1S/C16H15F2NO4S/c1-19(24(20,21)14-7-11(17)6-12(18)8-14)9-13-10-22-15-4-2-3-5-16(15)23-13/h2-8,13H,9-10H2,1H3. The molecule has 0 bridgehead atoms. The van der Waals surface area contributed by atoms with Gasteiger partial charge in [-0.3, -0.25) is 0 Å². The number of nitrogens with zero attached hydrogens (tertiary/aromatic N) is 1. The topological polar surface area (TPSA) is 55.8 Å². The molecule has 0 amide bonds. The molecule has 5 nitrogen and oxygen atoms in total. The van der Waals surface area contributed by atoms with E-state index in [1.807, 2.05) is 0 Å². The van der Waals surface area contributed by atoms with Gasteiger partial charge in [-0.05, 0) is 24.3 Å². The van der Waals surface area contributed by atoms with E-state index in [0.717, 1.165) is 16.4 Å². The summed E-state index contributed by atoms with van der Waals surface area (Å²) in [5.74, 6) is -0.788. The minimum absolute atomic E-state index is 0.0190. The number of ether oxygens (including phenoxy) is 2. The molecule has 1 unspecified atom stereocenters. The second-order valence-corrected chi connectivity index (χ2v) is 7.43. The summed E-state index contributed by atoms with van der Waals surface area (Å²) in [5, 5.41) is 0. The quantitative estimate of drug-likeness (QED) is 0.845. The van der Waals surface area contributed by atoms with Crippen molar-refractivity contribution >= 4 is 10.0 Å². The number of hydrogen-bond acceptors (Lipinski definition) is 4. The molecule has 2 aromatic rings. The van der Waals surface area contributed by atoms with Gasteiger partial charge in [-0.15, -0.1) is 0 Å². The number of fused-ring (bicyclic) bond motifs is 1. The van der Waals surface area contributed by atoms with Crippen molar-refractivity contribution in [2.45, 2.75) is 11.0 Å². The third-order valence-corrected chi connectivity index (χ3v) is 5.37. The summed E-state index contributed by atoms with van der Waals surface area (Å²) >= 11 is 0. The van der Waals surface area contributed by atoms with E-state index in [1.54, 1.807) is 24.3 Å². The zero-order valence-electron chi connectivity index (χ0n) is 12.8. The lowest BCUT2D eigenvalue weighted by Gasteiger charge is -2.29. The highest BCUT2D eigenvalue weighted by Crippen LogP contribution is 2.31. The molecule has 3 rings (SSSR count). The second kappa shape index (κ2) is 6.37. The molecule has 0 spiro atoms. The minimum atomic E-state index is -4.04. The third-order valence-electron chi connectivity index (χ3n) is 3.57. The Morgan fingerprint density at radius 2 is 1.75 bits per heavy atom. The molecule has 0 aliphatic carbocycles. The molecule has 2 aromatic carbocycles. The van der Waals surface area contributed by atoms with Gasteiger partial charge in [0.2, 0.25) is 10.0 Å². The van der Waals surface area contributed by atoms with Crippen molar-refractivity contribution in [3.8, 4) is 11.5 Å². The Bertz CT molecular complexity index is 837. The average Bonchev–Trinajstić information content (AvgIpc) is 2.53. The summed E-state index contributed by atoms with van der Waals surface area (Å²) in [6.07, 6.45) is -0.530. The summed E-state index contributed by atoms with van der Waals surface area (Å²) in [6.45, 7) is 0.156. The van der Waals surface area contributed by atoms with Gasteiger partial charge >= 0.3 is 0 Å². The van der Waals surface area contributed by atoms with Crippen molar-refractivity contribution in [3.63, 3.8) is 0 Å². The van der Waals surface area contributed by atoms with Crippen molar-refractivity contribution in [3.05, 3.63) is 54.1 Å².